The van der Waals surface area contributed by atoms with Gasteiger partial charge in [-0.05, 0) is 76.3 Å². The fourth-order valence-electron chi connectivity index (χ4n) is 7.46. The van der Waals surface area contributed by atoms with E-state index in [0.29, 0.717) is 17.4 Å². The molecule has 0 aromatic carbocycles. The Bertz CT molecular complexity index is 1760. The molecule has 0 aliphatic heterocycles. The van der Waals surface area contributed by atoms with Gasteiger partial charge in [0.1, 0.15) is 37.3 Å². The maximum absolute atomic E-state index is 13.1. The van der Waals surface area contributed by atoms with Crippen LogP contribution in [0.4, 0.5) is 0 Å². The molecule has 0 saturated heterocycles. The molecule has 1 rings (SSSR count). The van der Waals surface area contributed by atoms with Crippen LogP contribution in [0.1, 0.15) is 178 Å². The third-order valence-electron chi connectivity index (χ3n) is 12.1. The van der Waals surface area contributed by atoms with Crippen LogP contribution < -0.4 is 5.73 Å². The number of carbonyl (C=O) groups is 3. The van der Waals surface area contributed by atoms with Gasteiger partial charge >= 0.3 is 25.7 Å². The van der Waals surface area contributed by atoms with E-state index in [1.54, 1.807) is 12.2 Å². The lowest BCUT2D eigenvalue weighted by Gasteiger charge is -2.24. The molecule has 0 saturated carbocycles. The fourth-order valence-corrected chi connectivity index (χ4v) is 9.33. The second kappa shape index (κ2) is 40.4. The van der Waals surface area contributed by atoms with Gasteiger partial charge < -0.3 is 39.2 Å². The standard InChI is InChI=1S/C55H95N2O12PS/c1-8-10-12-13-14-15-16-17-21-24-27-31-37-52(49(58)34-33-38-53(59)60)71-44-48(56)55(62)65-42-47(43-67-70(63,64)66-41-40-57(5,6)7)68-54(61)39-32-28-25-22-19-18-20-23-26-30-36-51-46(4)45(3)50(69-51)35-29-11-9-2/h14-15,17,21,24,27,31,37,47-49,52,58H,8-13,16,18-20,22-23,25-26,28-30,32-36,38-44,56H2,1-7H3,(H-,59,60,63,64)/p+1/b15-14-,21-17-,27-24+,37-31+/t47-,48+,49+,52-/m1/s1. The van der Waals surface area contributed by atoms with Crippen LogP contribution in [0.15, 0.2) is 53.0 Å². The van der Waals surface area contributed by atoms with Gasteiger partial charge in [0.25, 0.3) is 0 Å². The van der Waals surface area contributed by atoms with Gasteiger partial charge in [0.05, 0.1) is 33.9 Å². The second-order valence-electron chi connectivity index (χ2n) is 19.7. The molecule has 0 spiro atoms. The van der Waals surface area contributed by atoms with Crippen molar-refractivity contribution in [1.82, 2.24) is 0 Å². The van der Waals surface area contributed by atoms with Gasteiger partial charge in [-0.1, -0.05) is 140 Å². The van der Waals surface area contributed by atoms with Gasteiger partial charge in [-0.25, -0.2) is 4.57 Å². The third-order valence-corrected chi connectivity index (χ3v) is 14.5. The van der Waals surface area contributed by atoms with Gasteiger partial charge in [0, 0.05) is 36.7 Å². The number of nitrogens with two attached hydrogens (primary N) is 1. The van der Waals surface area contributed by atoms with Gasteiger partial charge in [-0.3, -0.25) is 23.4 Å². The number of allylic oxidation sites excluding steroid dienone is 7. The highest BCUT2D eigenvalue weighted by molar-refractivity contribution is 8.00. The first-order valence-electron chi connectivity index (χ1n) is 26.7. The number of carboxylic acids is 1. The van der Waals surface area contributed by atoms with Crippen molar-refractivity contribution < 1.29 is 61.5 Å². The number of quaternary nitrogens is 1. The Morgan fingerprint density at radius 2 is 1.34 bits per heavy atom. The number of unbranched alkanes of at least 4 members (excludes halogenated alkanes) is 14. The van der Waals surface area contributed by atoms with Crippen molar-refractivity contribution in [1.29, 1.82) is 0 Å². The Balaban J connectivity index is 2.66. The second-order valence-corrected chi connectivity index (χ2v) is 22.4. The number of likely N-dealkylation sites (N-methyl/N-ethyl adjacent to an activating group) is 1. The largest absolute Gasteiger partial charge is 0.481 e. The number of aliphatic hydroxyl groups excluding tert-OH is 1. The molecule has 0 fully saturated rings. The summed E-state index contributed by atoms with van der Waals surface area (Å²) < 4.78 is 40.8. The quantitative estimate of drug-likeness (QED) is 0.0120. The Hall–Kier alpha value is -3.01. The maximum Gasteiger partial charge on any atom is 0.472 e. The van der Waals surface area contributed by atoms with E-state index in [9.17, 15) is 28.9 Å². The first-order chi connectivity index (χ1) is 33.9. The molecule has 0 radical (unpaired) electrons. The van der Waals surface area contributed by atoms with Crippen molar-refractivity contribution in [3.05, 3.63) is 71.3 Å². The van der Waals surface area contributed by atoms with Crippen LogP contribution in [-0.2, 0) is 50.3 Å². The number of thioether (sulfide) groups is 1. The number of phosphoric ester groups is 1. The maximum atomic E-state index is 13.1. The average molecular weight is 1040 g/mol. The predicted molar refractivity (Wildman–Crippen MR) is 288 cm³/mol. The molecule has 0 aliphatic rings. The number of ether oxygens (including phenoxy) is 2. The number of aliphatic carboxylic acids is 1. The van der Waals surface area contributed by atoms with Gasteiger partial charge in [-0.15, -0.1) is 11.8 Å². The summed E-state index contributed by atoms with van der Waals surface area (Å²) in [6, 6.07) is -1.13. The number of hydrogen-bond acceptors (Lipinski definition) is 12. The van der Waals surface area contributed by atoms with E-state index in [-0.39, 0.29) is 38.0 Å². The summed E-state index contributed by atoms with van der Waals surface area (Å²) in [6.07, 6.45) is 35.9. The summed E-state index contributed by atoms with van der Waals surface area (Å²) in [5.41, 5.74) is 8.88. The third kappa shape index (κ3) is 35.7. The summed E-state index contributed by atoms with van der Waals surface area (Å²) in [6.45, 7) is 8.14. The predicted octanol–water partition coefficient (Wildman–Crippen LogP) is 12.0. The molecular weight excluding hydrogens is 944 g/mol. The summed E-state index contributed by atoms with van der Waals surface area (Å²) >= 11 is 1.23. The Morgan fingerprint density at radius 1 is 0.746 bits per heavy atom. The van der Waals surface area contributed by atoms with Gasteiger partial charge in [0.15, 0.2) is 6.10 Å². The van der Waals surface area contributed by atoms with E-state index in [4.69, 9.17) is 33.8 Å². The summed E-state index contributed by atoms with van der Waals surface area (Å²) in [7, 11) is 1.20. The molecule has 0 bridgehead atoms. The van der Waals surface area contributed by atoms with Crippen molar-refractivity contribution >= 4 is 37.5 Å². The minimum atomic E-state index is -4.53. The topological polar surface area (TPSA) is 205 Å². The Kier molecular flexibility index (Phi) is 37.5. The number of phosphoric acid groups is 1. The number of esters is 2. The van der Waals surface area contributed by atoms with Crippen LogP contribution >= 0.6 is 19.6 Å². The highest BCUT2D eigenvalue weighted by Gasteiger charge is 2.28. The molecule has 0 amide bonds. The molecular formula is C55H96N2O12PS+. The monoisotopic (exact) mass is 1040 g/mol. The minimum Gasteiger partial charge on any atom is -0.481 e. The lowest BCUT2D eigenvalue weighted by atomic mass is 10.0. The normalized spacial score (nSPS) is 15.0. The highest BCUT2D eigenvalue weighted by Crippen LogP contribution is 2.43. The molecule has 14 nitrogen and oxygen atoms in total. The molecule has 1 unspecified atom stereocenters. The molecule has 71 heavy (non-hydrogen) atoms. The van der Waals surface area contributed by atoms with Crippen molar-refractivity contribution in [3.8, 4) is 0 Å². The molecule has 1 heterocycles. The number of aliphatic hydroxyl groups is 1. The SMILES string of the molecule is CCCCC/C=C\C\C=C/C=C/C=C/[C@@H](SC[C@H](N)C(=O)OC[C@H](COP(=O)(O)OCC[N+](C)(C)C)OC(=O)CCCCCCCCCCCCc1oc(CCCCC)c(C)c1C)[C@@H](O)CCCC(=O)O. The van der Waals surface area contributed by atoms with Crippen LogP contribution in [0.25, 0.3) is 0 Å². The minimum absolute atomic E-state index is 0.0515. The fraction of sp³-hybridized carbons (Fsp3) is 0.727. The van der Waals surface area contributed by atoms with E-state index in [1.807, 2.05) is 45.4 Å². The van der Waals surface area contributed by atoms with Crippen LogP contribution in [-0.4, -0.2) is 114 Å². The van der Waals surface area contributed by atoms with Crippen molar-refractivity contribution in [2.24, 2.45) is 5.73 Å². The summed E-state index contributed by atoms with van der Waals surface area (Å²) in [5, 5.41) is 19.6. The number of furan rings is 1. The number of aryl methyl sites for hydroxylation is 2. The van der Waals surface area contributed by atoms with E-state index in [2.05, 4.69) is 39.8 Å². The molecule has 1 aromatic rings. The first-order valence-corrected chi connectivity index (χ1v) is 29.2. The summed E-state index contributed by atoms with van der Waals surface area (Å²) in [4.78, 5) is 47.5. The van der Waals surface area contributed by atoms with Gasteiger partial charge in [0.2, 0.25) is 0 Å². The lowest BCUT2D eigenvalue weighted by Crippen LogP contribution is -2.39. The van der Waals surface area contributed by atoms with E-state index < -0.39 is 62.4 Å². The molecule has 1 aromatic heterocycles. The number of carboxylic acid groups (broad SMARTS) is 1. The number of carbonyl (C=O) groups excluding carboxylic acids is 2. The zero-order chi connectivity index (χ0) is 52.8. The van der Waals surface area contributed by atoms with Crippen LogP contribution in [0.2, 0.25) is 0 Å². The van der Waals surface area contributed by atoms with Crippen LogP contribution in [0.3, 0.4) is 0 Å². The lowest BCUT2D eigenvalue weighted by molar-refractivity contribution is -0.870. The Morgan fingerprint density at radius 3 is 1.96 bits per heavy atom. The first kappa shape index (κ1) is 66.0. The summed E-state index contributed by atoms with van der Waals surface area (Å²) in [5.74, 6) is 0.0784. The van der Waals surface area contributed by atoms with Crippen LogP contribution in [0.5, 0.6) is 0 Å². The molecule has 5 N–H and O–H groups in total. The van der Waals surface area contributed by atoms with Crippen molar-refractivity contribution in [2.75, 3.05) is 53.3 Å². The number of hydrogen-bond donors (Lipinski definition) is 4. The molecule has 5 atom stereocenters. The number of rotatable bonds is 45. The molecule has 408 valence electrons. The molecule has 0 aliphatic carbocycles. The zero-order valence-electron chi connectivity index (χ0n) is 44.8. The zero-order valence-corrected chi connectivity index (χ0v) is 46.5. The smallest absolute Gasteiger partial charge is 0.472 e. The van der Waals surface area contributed by atoms with Crippen molar-refractivity contribution in [2.45, 2.75) is 205 Å². The molecule has 16 heteroatoms. The van der Waals surface area contributed by atoms with E-state index >= 15 is 0 Å². The highest BCUT2D eigenvalue weighted by atomic mass is 32.2. The number of nitrogens with zero attached hydrogens (tertiary/aromatic N) is 1. The van der Waals surface area contributed by atoms with Crippen molar-refractivity contribution in [3.63, 3.8) is 0 Å². The van der Waals surface area contributed by atoms with E-state index in [0.717, 1.165) is 63.5 Å². The van der Waals surface area contributed by atoms with Crippen LogP contribution in [0, 0.1) is 13.8 Å². The average Bonchev–Trinajstić information content (AvgIpc) is 3.58. The van der Waals surface area contributed by atoms with E-state index in [1.165, 1.54) is 92.9 Å². The van der Waals surface area contributed by atoms with Gasteiger partial charge in [-0.2, -0.15) is 0 Å². The Labute approximate surface area is 432 Å².